The summed E-state index contributed by atoms with van der Waals surface area (Å²) in [5.41, 5.74) is 1.51. The van der Waals surface area contributed by atoms with Crippen molar-refractivity contribution >= 4 is 39.2 Å². The Kier molecular flexibility index (Phi) is 7.92. The van der Waals surface area contributed by atoms with Gasteiger partial charge in [0.15, 0.2) is 0 Å². The normalized spacial score (nSPS) is 15.1. The van der Waals surface area contributed by atoms with Gasteiger partial charge in [-0.1, -0.05) is 30.5 Å². The number of sulfonamides is 1. The fraction of sp³-hybridized carbons (Fsp3) is 0.391. The van der Waals surface area contributed by atoms with Gasteiger partial charge in [0.25, 0.3) is 5.91 Å². The number of nitrogens with zero attached hydrogens (tertiary/aromatic N) is 1. The van der Waals surface area contributed by atoms with E-state index in [1.165, 1.54) is 22.5 Å². The third-order valence-corrected chi connectivity index (χ3v) is 7.83. The number of nitrogens with one attached hydrogen (secondary N) is 1. The molecule has 7 nitrogen and oxygen atoms in total. The summed E-state index contributed by atoms with van der Waals surface area (Å²) < 4.78 is 32.9. The Morgan fingerprint density at radius 1 is 1.09 bits per heavy atom. The molecule has 0 radical (unpaired) electrons. The Morgan fingerprint density at radius 2 is 1.78 bits per heavy atom. The number of hydrogen-bond donors (Lipinski definition) is 1. The van der Waals surface area contributed by atoms with E-state index in [1.807, 2.05) is 0 Å². The van der Waals surface area contributed by atoms with Crippen LogP contribution in [0.2, 0.25) is 5.02 Å². The maximum Gasteiger partial charge on any atom is 0.338 e. The first-order chi connectivity index (χ1) is 15.3. The van der Waals surface area contributed by atoms with E-state index in [1.54, 1.807) is 32.0 Å². The molecule has 1 aliphatic heterocycles. The van der Waals surface area contributed by atoms with Crippen LogP contribution in [0.15, 0.2) is 41.3 Å². The fourth-order valence-electron chi connectivity index (χ4n) is 3.66. The largest absolute Gasteiger partial charge is 0.462 e. The van der Waals surface area contributed by atoms with Gasteiger partial charge < -0.3 is 10.1 Å². The maximum atomic E-state index is 13.2. The van der Waals surface area contributed by atoms with Crippen LogP contribution in [0.4, 0.5) is 5.69 Å². The summed E-state index contributed by atoms with van der Waals surface area (Å²) in [4.78, 5) is 25.0. The number of carbonyl (C=O) groups excluding carboxylic acids is 2. The average Bonchev–Trinajstić information content (AvgIpc) is 3.05. The van der Waals surface area contributed by atoms with Gasteiger partial charge in [-0.15, -0.1) is 0 Å². The summed E-state index contributed by atoms with van der Waals surface area (Å²) in [7, 11) is -3.82. The van der Waals surface area contributed by atoms with E-state index in [2.05, 4.69) is 5.32 Å². The molecule has 1 N–H and O–H groups in total. The van der Waals surface area contributed by atoms with Crippen molar-refractivity contribution in [2.75, 3.05) is 25.0 Å². The van der Waals surface area contributed by atoms with E-state index in [0.717, 1.165) is 25.7 Å². The number of rotatable bonds is 6. The minimum Gasteiger partial charge on any atom is -0.462 e. The zero-order valence-electron chi connectivity index (χ0n) is 18.2. The molecule has 0 unspecified atom stereocenters. The first kappa shape index (κ1) is 24.2. The number of ether oxygens (including phenoxy) is 1. The molecule has 172 valence electrons. The minimum absolute atomic E-state index is 0.0753. The third kappa shape index (κ3) is 5.31. The quantitative estimate of drug-likeness (QED) is 0.610. The Balaban J connectivity index is 1.88. The molecular formula is C23H27ClN2O5S. The van der Waals surface area contributed by atoms with E-state index in [4.69, 9.17) is 16.3 Å². The molecule has 1 aliphatic rings. The number of hydrogen-bond acceptors (Lipinski definition) is 5. The van der Waals surface area contributed by atoms with Crippen molar-refractivity contribution in [2.45, 2.75) is 44.4 Å². The molecule has 1 fully saturated rings. The van der Waals surface area contributed by atoms with Gasteiger partial charge in [-0.3, -0.25) is 4.79 Å². The lowest BCUT2D eigenvalue weighted by Crippen LogP contribution is -2.32. The topological polar surface area (TPSA) is 92.8 Å². The van der Waals surface area contributed by atoms with Gasteiger partial charge in [-0.05, 0) is 62.6 Å². The van der Waals surface area contributed by atoms with Crippen LogP contribution in [-0.4, -0.2) is 44.3 Å². The zero-order valence-corrected chi connectivity index (χ0v) is 19.8. The Bertz CT molecular complexity index is 1110. The maximum absolute atomic E-state index is 13.2. The van der Waals surface area contributed by atoms with Crippen LogP contribution in [0.1, 0.15) is 58.9 Å². The summed E-state index contributed by atoms with van der Waals surface area (Å²) >= 11 is 6.23. The van der Waals surface area contributed by atoms with Crippen molar-refractivity contribution in [3.63, 3.8) is 0 Å². The zero-order chi connectivity index (χ0) is 23.3. The molecule has 32 heavy (non-hydrogen) atoms. The predicted molar refractivity (Wildman–Crippen MR) is 124 cm³/mol. The van der Waals surface area contributed by atoms with Crippen LogP contribution in [0, 0.1) is 6.92 Å². The van der Waals surface area contributed by atoms with Crippen molar-refractivity contribution in [1.82, 2.24) is 4.31 Å². The van der Waals surface area contributed by atoms with E-state index in [0.29, 0.717) is 29.9 Å². The molecule has 2 aromatic rings. The van der Waals surface area contributed by atoms with Gasteiger partial charge >= 0.3 is 5.97 Å². The molecule has 0 bridgehead atoms. The molecule has 0 atom stereocenters. The van der Waals surface area contributed by atoms with Crippen LogP contribution >= 0.6 is 11.6 Å². The fourth-order valence-corrected chi connectivity index (χ4v) is 5.68. The lowest BCUT2D eigenvalue weighted by atomic mass is 10.1. The van der Waals surface area contributed by atoms with E-state index >= 15 is 0 Å². The highest BCUT2D eigenvalue weighted by Gasteiger charge is 2.28. The molecule has 1 amide bonds. The van der Waals surface area contributed by atoms with Gasteiger partial charge in [-0.2, -0.15) is 4.31 Å². The highest BCUT2D eigenvalue weighted by Crippen LogP contribution is 2.28. The molecule has 0 aliphatic carbocycles. The number of esters is 1. The molecule has 0 saturated carbocycles. The summed E-state index contributed by atoms with van der Waals surface area (Å²) in [6.07, 6.45) is 3.58. The molecule has 2 aromatic carbocycles. The molecule has 0 aromatic heterocycles. The summed E-state index contributed by atoms with van der Waals surface area (Å²) in [5.74, 6) is -0.975. The van der Waals surface area contributed by atoms with Crippen LogP contribution in [0.5, 0.6) is 0 Å². The average molecular weight is 479 g/mol. The van der Waals surface area contributed by atoms with Gasteiger partial charge in [0.05, 0.1) is 17.2 Å². The third-order valence-electron chi connectivity index (χ3n) is 5.45. The van der Waals surface area contributed by atoms with Crippen LogP contribution in [0.3, 0.4) is 0 Å². The monoisotopic (exact) mass is 478 g/mol. The lowest BCUT2D eigenvalue weighted by Gasteiger charge is -2.21. The highest BCUT2D eigenvalue weighted by atomic mass is 35.5. The van der Waals surface area contributed by atoms with Crippen LogP contribution in [0.25, 0.3) is 0 Å². The van der Waals surface area contributed by atoms with Crippen molar-refractivity contribution in [3.05, 3.63) is 58.1 Å². The Morgan fingerprint density at radius 3 is 2.44 bits per heavy atom. The van der Waals surface area contributed by atoms with Gasteiger partial charge in [0, 0.05) is 24.3 Å². The number of benzene rings is 2. The van der Waals surface area contributed by atoms with E-state index in [9.17, 15) is 18.0 Å². The predicted octanol–water partition coefficient (Wildman–Crippen LogP) is 4.64. The highest BCUT2D eigenvalue weighted by molar-refractivity contribution is 7.89. The summed E-state index contributed by atoms with van der Waals surface area (Å²) in [6, 6.07) is 9.14. The number of halogens is 1. The molecule has 1 heterocycles. The van der Waals surface area contributed by atoms with E-state index in [-0.39, 0.29) is 22.1 Å². The number of anilines is 1. The lowest BCUT2D eigenvalue weighted by molar-refractivity contribution is 0.0525. The summed E-state index contributed by atoms with van der Waals surface area (Å²) in [6.45, 7) is 4.55. The smallest absolute Gasteiger partial charge is 0.338 e. The van der Waals surface area contributed by atoms with Crippen LogP contribution < -0.4 is 5.32 Å². The second-order valence-corrected chi connectivity index (χ2v) is 9.93. The van der Waals surface area contributed by atoms with Gasteiger partial charge in [-0.25, -0.2) is 13.2 Å². The molecule has 3 rings (SSSR count). The standard InChI is InChI=1S/C23H27ClN2O5S/c1-3-31-23(28)18-9-8-10-20(16(18)2)25-22(27)17-11-12-19(24)21(15-17)32(29,30)26-13-6-4-5-7-14-26/h8-12,15H,3-7,13-14H2,1-2H3,(H,25,27). The first-order valence-corrected chi connectivity index (χ1v) is 12.4. The molecular weight excluding hydrogens is 452 g/mol. The van der Waals surface area contributed by atoms with Crippen molar-refractivity contribution < 1.29 is 22.7 Å². The van der Waals surface area contributed by atoms with E-state index < -0.39 is 21.9 Å². The van der Waals surface area contributed by atoms with Crippen LogP contribution in [-0.2, 0) is 14.8 Å². The first-order valence-electron chi connectivity index (χ1n) is 10.6. The number of carbonyl (C=O) groups is 2. The molecule has 9 heteroatoms. The Labute approximate surface area is 193 Å². The van der Waals surface area contributed by atoms with Crippen molar-refractivity contribution in [3.8, 4) is 0 Å². The second-order valence-electron chi connectivity index (χ2n) is 7.62. The second kappa shape index (κ2) is 10.5. The van der Waals surface area contributed by atoms with Gasteiger partial charge in [0.1, 0.15) is 4.90 Å². The minimum atomic E-state index is -3.82. The van der Waals surface area contributed by atoms with Crippen molar-refractivity contribution in [2.24, 2.45) is 0 Å². The SMILES string of the molecule is CCOC(=O)c1cccc(NC(=O)c2ccc(Cl)c(S(=O)(=O)N3CCCCCC3)c2)c1C. The number of amides is 1. The summed E-state index contributed by atoms with van der Waals surface area (Å²) in [5, 5.41) is 2.83. The molecule has 1 saturated heterocycles. The van der Waals surface area contributed by atoms with Gasteiger partial charge in [0.2, 0.25) is 10.0 Å². The molecule has 0 spiro atoms. The van der Waals surface area contributed by atoms with Crippen molar-refractivity contribution in [1.29, 1.82) is 0 Å². The Hall–Kier alpha value is -2.42.